The van der Waals surface area contributed by atoms with E-state index in [1.54, 1.807) is 0 Å². The van der Waals surface area contributed by atoms with Crippen molar-refractivity contribution < 1.29 is 14.2 Å². The molecule has 1 aliphatic carbocycles. The highest BCUT2D eigenvalue weighted by molar-refractivity contribution is 5.19. The van der Waals surface area contributed by atoms with E-state index in [4.69, 9.17) is 14.2 Å². The Morgan fingerprint density at radius 3 is 2.43 bits per heavy atom. The number of hydrogen-bond acceptors (Lipinski definition) is 3. The molecule has 0 bridgehead atoms. The second-order valence-corrected chi connectivity index (χ2v) is 6.81. The Kier molecular flexibility index (Phi) is 4.34. The third-order valence-corrected chi connectivity index (χ3v) is 4.89. The molecule has 3 unspecified atom stereocenters. The third kappa shape index (κ3) is 3.01. The molecule has 1 aromatic carbocycles. The molecule has 2 fully saturated rings. The maximum Gasteiger partial charge on any atom is 0.316 e. The Bertz CT molecular complexity index is 453. The van der Waals surface area contributed by atoms with E-state index >= 15 is 0 Å². The first-order chi connectivity index (χ1) is 10.1. The summed E-state index contributed by atoms with van der Waals surface area (Å²) in [5.41, 5.74) is 0.956. The summed E-state index contributed by atoms with van der Waals surface area (Å²) in [4.78, 5) is 0. The summed E-state index contributed by atoms with van der Waals surface area (Å²) in [7, 11) is 0. The third-order valence-electron chi connectivity index (χ3n) is 4.89. The van der Waals surface area contributed by atoms with E-state index in [0.717, 1.165) is 12.0 Å². The van der Waals surface area contributed by atoms with E-state index in [-0.39, 0.29) is 6.10 Å². The predicted molar refractivity (Wildman–Crippen MR) is 81.4 cm³/mol. The summed E-state index contributed by atoms with van der Waals surface area (Å²) in [5, 5.41) is 0. The van der Waals surface area contributed by atoms with Gasteiger partial charge in [-0.3, -0.25) is 9.47 Å². The monoisotopic (exact) mass is 290 g/mol. The summed E-state index contributed by atoms with van der Waals surface area (Å²) in [6.45, 7) is 7.19. The Morgan fingerprint density at radius 2 is 1.86 bits per heavy atom. The molecule has 0 radical (unpaired) electrons. The van der Waals surface area contributed by atoms with Crippen LogP contribution in [0.25, 0.3) is 0 Å². The standard InChI is InChI=1S/C18H26O3/c1-13(2)16-10-9-14(3)11-17(16)21-18(19-12-20-18)15-7-5-4-6-8-15/h4-8,13-14,16-17H,9-12H2,1-3H3. The number of ether oxygens (including phenoxy) is 3. The molecule has 3 atom stereocenters. The van der Waals surface area contributed by atoms with Crippen molar-refractivity contribution in [3.8, 4) is 0 Å². The zero-order valence-electron chi connectivity index (χ0n) is 13.2. The van der Waals surface area contributed by atoms with Gasteiger partial charge in [0.15, 0.2) is 6.79 Å². The molecule has 2 aliphatic rings. The smallest absolute Gasteiger partial charge is 0.316 e. The topological polar surface area (TPSA) is 27.7 Å². The molecule has 3 rings (SSSR count). The zero-order valence-corrected chi connectivity index (χ0v) is 13.2. The van der Waals surface area contributed by atoms with Crippen molar-refractivity contribution in [2.75, 3.05) is 6.79 Å². The fourth-order valence-corrected chi connectivity index (χ4v) is 3.56. The summed E-state index contributed by atoms with van der Waals surface area (Å²) in [6.07, 6.45) is 3.82. The minimum absolute atomic E-state index is 0.203. The maximum atomic E-state index is 6.40. The van der Waals surface area contributed by atoms with Crippen LogP contribution in [0.3, 0.4) is 0 Å². The lowest BCUT2D eigenvalue weighted by Gasteiger charge is -2.46. The highest BCUT2D eigenvalue weighted by Crippen LogP contribution is 2.43. The molecule has 116 valence electrons. The highest BCUT2D eigenvalue weighted by atomic mass is 17.0. The molecular weight excluding hydrogens is 264 g/mol. The van der Waals surface area contributed by atoms with Gasteiger partial charge in [-0.1, -0.05) is 57.5 Å². The molecule has 0 aromatic heterocycles. The van der Waals surface area contributed by atoms with Crippen LogP contribution in [0.1, 0.15) is 45.6 Å². The minimum atomic E-state index is -0.976. The molecule has 0 N–H and O–H groups in total. The molecule has 3 nitrogen and oxygen atoms in total. The van der Waals surface area contributed by atoms with Crippen molar-refractivity contribution >= 4 is 0 Å². The van der Waals surface area contributed by atoms with Crippen LogP contribution < -0.4 is 0 Å². The summed E-state index contributed by atoms with van der Waals surface area (Å²) in [5.74, 6) is 0.929. The molecular formula is C18H26O3. The van der Waals surface area contributed by atoms with Gasteiger partial charge >= 0.3 is 5.97 Å². The molecule has 21 heavy (non-hydrogen) atoms. The lowest BCUT2D eigenvalue weighted by molar-refractivity contribution is -0.526. The number of hydrogen-bond donors (Lipinski definition) is 0. The van der Waals surface area contributed by atoms with Crippen molar-refractivity contribution in [2.45, 2.75) is 52.1 Å². The van der Waals surface area contributed by atoms with Crippen LogP contribution in [0.15, 0.2) is 30.3 Å². The number of rotatable bonds is 4. The van der Waals surface area contributed by atoms with Crippen molar-refractivity contribution in [3.63, 3.8) is 0 Å². The van der Waals surface area contributed by atoms with Gasteiger partial charge in [0.1, 0.15) is 0 Å². The summed E-state index contributed by atoms with van der Waals surface area (Å²) in [6, 6.07) is 10.0. The molecule has 0 spiro atoms. The molecule has 1 saturated carbocycles. The van der Waals surface area contributed by atoms with Crippen LogP contribution in [0.5, 0.6) is 0 Å². The Labute approximate surface area is 127 Å². The van der Waals surface area contributed by atoms with Crippen molar-refractivity contribution in [1.29, 1.82) is 0 Å². The first kappa shape index (κ1) is 15.0. The van der Waals surface area contributed by atoms with E-state index in [1.807, 2.05) is 30.3 Å². The van der Waals surface area contributed by atoms with Gasteiger partial charge in [-0.05, 0) is 30.6 Å². The highest BCUT2D eigenvalue weighted by Gasteiger charge is 2.48. The molecule has 1 saturated heterocycles. The van der Waals surface area contributed by atoms with Gasteiger partial charge < -0.3 is 4.74 Å². The van der Waals surface area contributed by atoms with E-state index in [2.05, 4.69) is 20.8 Å². The first-order valence-corrected chi connectivity index (χ1v) is 8.12. The van der Waals surface area contributed by atoms with Crippen molar-refractivity contribution in [3.05, 3.63) is 35.9 Å². The van der Waals surface area contributed by atoms with E-state index in [9.17, 15) is 0 Å². The van der Waals surface area contributed by atoms with Gasteiger partial charge in [-0.25, -0.2) is 0 Å². The molecule has 0 amide bonds. The fraction of sp³-hybridized carbons (Fsp3) is 0.667. The maximum absolute atomic E-state index is 6.40. The van der Waals surface area contributed by atoms with Crippen LogP contribution in [0, 0.1) is 17.8 Å². The van der Waals surface area contributed by atoms with Crippen LogP contribution in [0.2, 0.25) is 0 Å². The molecule has 1 heterocycles. The Hall–Kier alpha value is -0.900. The number of benzene rings is 1. The quantitative estimate of drug-likeness (QED) is 0.828. The van der Waals surface area contributed by atoms with E-state index in [0.29, 0.717) is 24.5 Å². The van der Waals surface area contributed by atoms with Crippen molar-refractivity contribution in [2.24, 2.45) is 17.8 Å². The second kappa shape index (κ2) is 6.07. The predicted octanol–water partition coefficient (Wildman–Crippen LogP) is 4.28. The van der Waals surface area contributed by atoms with Crippen LogP contribution in [0.4, 0.5) is 0 Å². The van der Waals surface area contributed by atoms with Crippen LogP contribution in [-0.4, -0.2) is 12.9 Å². The first-order valence-electron chi connectivity index (χ1n) is 8.12. The van der Waals surface area contributed by atoms with Gasteiger partial charge in [-0.2, -0.15) is 0 Å². The Morgan fingerprint density at radius 1 is 1.14 bits per heavy atom. The zero-order chi connectivity index (χ0) is 14.9. The molecule has 3 heteroatoms. The van der Waals surface area contributed by atoms with E-state index in [1.165, 1.54) is 12.8 Å². The van der Waals surface area contributed by atoms with Gasteiger partial charge in [0.2, 0.25) is 0 Å². The molecule has 1 aliphatic heterocycles. The lowest BCUT2D eigenvalue weighted by atomic mass is 9.75. The normalized spacial score (nSPS) is 31.9. The summed E-state index contributed by atoms with van der Waals surface area (Å²) >= 11 is 0. The average molecular weight is 290 g/mol. The average Bonchev–Trinajstić information content (AvgIpc) is 2.43. The SMILES string of the molecule is CC1CCC(C(C)C)C(OC2(c3ccccc3)OCO2)C1. The van der Waals surface area contributed by atoms with Gasteiger partial charge in [-0.15, -0.1) is 0 Å². The van der Waals surface area contributed by atoms with E-state index < -0.39 is 5.97 Å². The van der Waals surface area contributed by atoms with Gasteiger partial charge in [0.05, 0.1) is 6.10 Å². The Balaban J connectivity index is 1.79. The van der Waals surface area contributed by atoms with Crippen LogP contribution in [-0.2, 0) is 20.2 Å². The second-order valence-electron chi connectivity index (χ2n) is 6.81. The van der Waals surface area contributed by atoms with Gasteiger partial charge in [0.25, 0.3) is 0 Å². The lowest BCUT2D eigenvalue weighted by Crippen LogP contribution is -2.51. The fourth-order valence-electron chi connectivity index (χ4n) is 3.56. The minimum Gasteiger partial charge on any atom is -0.320 e. The van der Waals surface area contributed by atoms with Crippen molar-refractivity contribution in [1.82, 2.24) is 0 Å². The summed E-state index contributed by atoms with van der Waals surface area (Å²) < 4.78 is 17.9. The van der Waals surface area contributed by atoms with Crippen LogP contribution >= 0.6 is 0 Å². The largest absolute Gasteiger partial charge is 0.320 e. The van der Waals surface area contributed by atoms with Gasteiger partial charge in [0, 0.05) is 5.56 Å². The molecule has 1 aromatic rings.